The summed E-state index contributed by atoms with van der Waals surface area (Å²) in [5.74, 6) is -0.424. The topological polar surface area (TPSA) is 110 Å². The molecule has 1 heterocycles. The molecule has 1 aliphatic rings. The van der Waals surface area contributed by atoms with E-state index < -0.39 is 15.8 Å². The number of halogens is 1. The molecule has 1 saturated heterocycles. The predicted molar refractivity (Wildman–Crippen MR) is 99.3 cm³/mol. The molecule has 1 amide bonds. The van der Waals surface area contributed by atoms with E-state index in [9.17, 15) is 25.0 Å². The summed E-state index contributed by atoms with van der Waals surface area (Å²) in [5.41, 5.74) is 0.134. The quantitative estimate of drug-likeness (QED) is 0.586. The van der Waals surface area contributed by atoms with Crippen LogP contribution < -0.4 is 4.90 Å². The van der Waals surface area contributed by atoms with Crippen molar-refractivity contribution in [2.45, 2.75) is 0 Å². The Balaban J connectivity index is 1.76. The van der Waals surface area contributed by atoms with Crippen LogP contribution >= 0.6 is 11.6 Å². The Kier molecular flexibility index (Phi) is 5.22. The number of hydrogen-bond acceptors (Lipinski definition) is 6. The highest BCUT2D eigenvalue weighted by atomic mass is 35.5. The molecular weight excluding hydrogens is 376 g/mol. The summed E-state index contributed by atoms with van der Waals surface area (Å²) in [6, 6.07) is 10.3. The maximum absolute atomic E-state index is 12.7. The van der Waals surface area contributed by atoms with Crippen LogP contribution in [-0.4, -0.2) is 46.8 Å². The summed E-state index contributed by atoms with van der Waals surface area (Å²) in [7, 11) is 0. The lowest BCUT2D eigenvalue weighted by molar-refractivity contribution is -0.385. The molecule has 0 aliphatic carbocycles. The van der Waals surface area contributed by atoms with Crippen LogP contribution in [-0.2, 0) is 0 Å². The van der Waals surface area contributed by atoms with Gasteiger partial charge in [0.1, 0.15) is 11.3 Å². The molecule has 0 atom stereocenters. The summed E-state index contributed by atoms with van der Waals surface area (Å²) < 4.78 is 0. The molecule has 1 aliphatic heterocycles. The van der Waals surface area contributed by atoms with Gasteiger partial charge in [0.25, 0.3) is 17.3 Å². The molecular formula is C17H15ClN4O5. The predicted octanol–water partition coefficient (Wildman–Crippen LogP) is 3.12. The number of nitro benzene ring substituents is 2. The van der Waals surface area contributed by atoms with Crippen molar-refractivity contribution < 1.29 is 14.6 Å². The van der Waals surface area contributed by atoms with Crippen molar-refractivity contribution in [3.05, 3.63) is 73.3 Å². The monoisotopic (exact) mass is 390 g/mol. The van der Waals surface area contributed by atoms with Gasteiger partial charge in [-0.1, -0.05) is 23.7 Å². The average molecular weight is 391 g/mol. The number of para-hydroxylation sites is 1. The number of benzene rings is 2. The molecule has 1 fully saturated rings. The normalized spacial score (nSPS) is 14.1. The van der Waals surface area contributed by atoms with E-state index in [1.165, 1.54) is 29.2 Å². The third-order valence-electron chi connectivity index (χ3n) is 4.37. The molecule has 9 nitrogen and oxygen atoms in total. The number of amides is 1. The summed E-state index contributed by atoms with van der Waals surface area (Å²) in [6.45, 7) is 1.33. The molecule has 3 rings (SSSR count). The van der Waals surface area contributed by atoms with Crippen LogP contribution in [0, 0.1) is 20.2 Å². The molecule has 2 aromatic rings. The molecule has 10 heteroatoms. The number of carbonyl (C=O) groups excluding carboxylic acids is 1. The van der Waals surface area contributed by atoms with Gasteiger partial charge in [0.2, 0.25) is 0 Å². The minimum absolute atomic E-state index is 0.0356. The fraction of sp³-hybridized carbons (Fsp3) is 0.235. The first-order valence-corrected chi connectivity index (χ1v) is 8.48. The Morgan fingerprint density at radius 1 is 0.926 bits per heavy atom. The Hall–Kier alpha value is -3.20. The van der Waals surface area contributed by atoms with Crippen LogP contribution in [0.15, 0.2) is 42.5 Å². The second kappa shape index (κ2) is 7.58. The SMILES string of the molecule is O=C(c1ccccc1[N+](=O)[O-])N1CCN(c2ccc(Cl)cc2[N+](=O)[O-])CC1. The largest absolute Gasteiger partial charge is 0.362 e. The lowest BCUT2D eigenvalue weighted by Gasteiger charge is -2.35. The summed E-state index contributed by atoms with van der Waals surface area (Å²) >= 11 is 5.84. The number of nitro groups is 2. The first kappa shape index (κ1) is 18.6. The highest BCUT2D eigenvalue weighted by Gasteiger charge is 2.29. The number of rotatable bonds is 4. The molecule has 0 N–H and O–H groups in total. The van der Waals surface area contributed by atoms with Gasteiger partial charge in [0.05, 0.1) is 9.85 Å². The van der Waals surface area contributed by atoms with Gasteiger partial charge in [-0.2, -0.15) is 0 Å². The number of anilines is 1. The maximum atomic E-state index is 12.7. The van der Waals surface area contributed by atoms with Crippen LogP contribution in [0.4, 0.5) is 17.1 Å². The molecule has 0 unspecified atom stereocenters. The molecule has 0 saturated carbocycles. The van der Waals surface area contributed by atoms with Crippen molar-refractivity contribution in [1.82, 2.24) is 4.90 Å². The van der Waals surface area contributed by atoms with Crippen molar-refractivity contribution in [1.29, 1.82) is 0 Å². The third-order valence-corrected chi connectivity index (χ3v) is 4.61. The zero-order valence-electron chi connectivity index (χ0n) is 14.1. The van der Waals surface area contributed by atoms with Crippen LogP contribution in [0.25, 0.3) is 0 Å². The van der Waals surface area contributed by atoms with Crippen LogP contribution in [0.5, 0.6) is 0 Å². The van der Waals surface area contributed by atoms with Crippen LogP contribution in [0.3, 0.4) is 0 Å². The molecule has 0 radical (unpaired) electrons. The second-order valence-corrected chi connectivity index (χ2v) is 6.38. The van der Waals surface area contributed by atoms with Gasteiger partial charge in [-0.15, -0.1) is 0 Å². The van der Waals surface area contributed by atoms with Gasteiger partial charge in [-0.05, 0) is 18.2 Å². The van der Waals surface area contributed by atoms with Crippen molar-refractivity contribution >= 4 is 34.6 Å². The van der Waals surface area contributed by atoms with Gasteiger partial charge in [-0.25, -0.2) is 0 Å². The van der Waals surface area contributed by atoms with Crippen molar-refractivity contribution in [2.75, 3.05) is 31.1 Å². The first-order valence-electron chi connectivity index (χ1n) is 8.10. The van der Waals surface area contributed by atoms with E-state index in [2.05, 4.69) is 0 Å². The molecule has 140 valence electrons. The van der Waals surface area contributed by atoms with E-state index >= 15 is 0 Å². The van der Waals surface area contributed by atoms with Crippen molar-refractivity contribution in [3.8, 4) is 0 Å². The fourth-order valence-electron chi connectivity index (χ4n) is 3.04. The molecule has 0 bridgehead atoms. The van der Waals surface area contributed by atoms with E-state index in [-0.39, 0.29) is 22.0 Å². The first-order chi connectivity index (χ1) is 12.9. The van der Waals surface area contributed by atoms with Gasteiger partial charge < -0.3 is 9.80 Å². The van der Waals surface area contributed by atoms with E-state index in [0.717, 1.165) is 0 Å². The third kappa shape index (κ3) is 3.82. The van der Waals surface area contributed by atoms with E-state index in [0.29, 0.717) is 31.9 Å². The van der Waals surface area contributed by atoms with Crippen molar-refractivity contribution in [2.24, 2.45) is 0 Å². The lowest BCUT2D eigenvalue weighted by atomic mass is 10.1. The fourth-order valence-corrected chi connectivity index (χ4v) is 3.21. The Labute approximate surface area is 159 Å². The van der Waals surface area contributed by atoms with Gasteiger partial charge in [-0.3, -0.25) is 25.0 Å². The zero-order valence-corrected chi connectivity index (χ0v) is 14.8. The summed E-state index contributed by atoms with van der Waals surface area (Å²) in [4.78, 5) is 37.3. The van der Waals surface area contributed by atoms with Gasteiger partial charge in [0, 0.05) is 43.3 Å². The smallest absolute Gasteiger partial charge is 0.294 e. The maximum Gasteiger partial charge on any atom is 0.294 e. The molecule has 27 heavy (non-hydrogen) atoms. The van der Waals surface area contributed by atoms with Crippen LogP contribution in [0.1, 0.15) is 10.4 Å². The number of carbonyl (C=O) groups is 1. The second-order valence-electron chi connectivity index (χ2n) is 5.94. The minimum atomic E-state index is -0.583. The Morgan fingerprint density at radius 2 is 1.56 bits per heavy atom. The molecule has 2 aromatic carbocycles. The number of nitrogens with zero attached hydrogens (tertiary/aromatic N) is 4. The average Bonchev–Trinajstić information content (AvgIpc) is 2.67. The van der Waals surface area contributed by atoms with Crippen molar-refractivity contribution in [3.63, 3.8) is 0 Å². The molecule has 0 spiro atoms. The standard InChI is InChI=1S/C17H15ClN4O5/c18-12-5-6-15(16(11-12)22(26)27)19-7-9-20(10-8-19)17(23)13-3-1-2-4-14(13)21(24)25/h1-6,11H,7-10H2. The van der Waals surface area contributed by atoms with E-state index in [1.807, 2.05) is 0 Å². The lowest BCUT2D eigenvalue weighted by Crippen LogP contribution is -2.49. The number of hydrogen-bond donors (Lipinski definition) is 0. The summed E-state index contributed by atoms with van der Waals surface area (Å²) in [6.07, 6.45) is 0. The summed E-state index contributed by atoms with van der Waals surface area (Å²) in [5, 5.41) is 22.7. The zero-order chi connectivity index (χ0) is 19.6. The van der Waals surface area contributed by atoms with E-state index in [4.69, 9.17) is 11.6 Å². The minimum Gasteiger partial charge on any atom is -0.362 e. The van der Waals surface area contributed by atoms with Gasteiger partial charge in [0.15, 0.2) is 0 Å². The Morgan fingerprint density at radius 3 is 2.19 bits per heavy atom. The van der Waals surface area contributed by atoms with Gasteiger partial charge >= 0.3 is 0 Å². The highest BCUT2D eigenvalue weighted by molar-refractivity contribution is 6.30. The Bertz CT molecular complexity index is 912. The highest BCUT2D eigenvalue weighted by Crippen LogP contribution is 2.32. The van der Waals surface area contributed by atoms with E-state index in [1.54, 1.807) is 23.1 Å². The molecule has 0 aromatic heterocycles. The number of piperazine rings is 1. The van der Waals surface area contributed by atoms with Crippen LogP contribution in [0.2, 0.25) is 5.02 Å².